The molecule has 2 N–H and O–H groups in total. The Morgan fingerprint density at radius 1 is 0.986 bits per heavy atom. The lowest BCUT2D eigenvalue weighted by Crippen LogP contribution is -2.58. The average molecular weight is 1040 g/mol. The van der Waals surface area contributed by atoms with Crippen LogP contribution in [0, 0.1) is 29.5 Å². The molecule has 2 aliphatic rings. The molecule has 380 valence electrons. The van der Waals surface area contributed by atoms with Crippen molar-refractivity contribution in [3.05, 3.63) is 87.9 Å². The van der Waals surface area contributed by atoms with Gasteiger partial charge in [-0.1, -0.05) is 45.0 Å². The number of carbonyl (C=O) groups excluding carboxylic acids is 4. The number of amides is 4. The summed E-state index contributed by atoms with van der Waals surface area (Å²) >= 11 is 6.87. The number of carbonyl (C=O) groups is 4. The third kappa shape index (κ3) is 12.1. The summed E-state index contributed by atoms with van der Waals surface area (Å²) in [6.07, 6.45) is -8.49. The molecule has 15 nitrogen and oxygen atoms in total. The van der Waals surface area contributed by atoms with E-state index >= 15 is 4.39 Å². The SMILES string of the molecule is Cc1ncsc1-c1ccc(CNC(=O)C2CCCN2C(=O)C(NC(=O)COCCOCCOc2ncc(N3C(=S)N(c4ccc(C#N)c(C(F)(F)F)c4F)C(=O)C3(C)C)cc2C(F)(F)F)C(C)(C)C)cc1. The molecule has 0 bridgehead atoms. The fourth-order valence-corrected chi connectivity index (χ4v) is 9.32. The molecule has 4 amide bonds. The third-order valence-electron chi connectivity index (χ3n) is 11.6. The van der Waals surface area contributed by atoms with E-state index in [2.05, 4.69) is 20.6 Å². The van der Waals surface area contributed by atoms with Gasteiger partial charge in [0.05, 0.1) is 65.1 Å². The van der Waals surface area contributed by atoms with Crippen LogP contribution in [0.2, 0.25) is 0 Å². The Bertz CT molecular complexity index is 2700. The van der Waals surface area contributed by atoms with Crippen molar-refractivity contribution in [2.75, 3.05) is 49.4 Å². The summed E-state index contributed by atoms with van der Waals surface area (Å²) in [6, 6.07) is 9.25. The molecule has 4 heterocycles. The average Bonchev–Trinajstić information content (AvgIpc) is 4.01. The lowest BCUT2D eigenvalue weighted by molar-refractivity contribution is -0.144. The first kappa shape index (κ1) is 54.1. The summed E-state index contributed by atoms with van der Waals surface area (Å²) in [5.41, 5.74) is -3.79. The second-order valence-electron chi connectivity index (χ2n) is 18.0. The molecule has 2 aromatic heterocycles. The zero-order valence-electron chi connectivity index (χ0n) is 39.2. The van der Waals surface area contributed by atoms with E-state index in [4.69, 9.17) is 31.7 Å². The minimum atomic E-state index is -5.34. The number of rotatable bonds is 17. The molecule has 71 heavy (non-hydrogen) atoms. The Morgan fingerprint density at radius 2 is 1.66 bits per heavy atom. The van der Waals surface area contributed by atoms with Gasteiger partial charge in [-0.15, -0.1) is 11.3 Å². The number of alkyl halides is 6. The lowest BCUT2D eigenvalue weighted by Gasteiger charge is -2.35. The molecular weight excluding hydrogens is 986 g/mol. The highest BCUT2D eigenvalue weighted by Crippen LogP contribution is 2.44. The molecule has 6 rings (SSSR count). The summed E-state index contributed by atoms with van der Waals surface area (Å²) in [4.78, 5) is 65.8. The Morgan fingerprint density at radius 3 is 2.28 bits per heavy atom. The van der Waals surface area contributed by atoms with Gasteiger partial charge in [0.1, 0.15) is 42.0 Å². The van der Waals surface area contributed by atoms with Crippen molar-refractivity contribution in [2.45, 2.75) is 90.9 Å². The molecule has 4 aromatic rings. The van der Waals surface area contributed by atoms with Crippen LogP contribution in [-0.2, 0) is 47.5 Å². The largest absolute Gasteiger partial charge is 0.475 e. The van der Waals surface area contributed by atoms with Crippen molar-refractivity contribution in [1.29, 1.82) is 5.26 Å². The van der Waals surface area contributed by atoms with E-state index < -0.39 is 111 Å². The Balaban J connectivity index is 0.975. The van der Waals surface area contributed by atoms with Crippen molar-refractivity contribution in [3.63, 3.8) is 0 Å². The fraction of sp³-hybridized carbons (Fsp3) is 0.447. The molecule has 2 fully saturated rings. The van der Waals surface area contributed by atoms with Gasteiger partial charge in [0.25, 0.3) is 5.91 Å². The predicted molar refractivity (Wildman–Crippen MR) is 249 cm³/mol. The first-order valence-corrected chi connectivity index (χ1v) is 23.3. The lowest BCUT2D eigenvalue weighted by atomic mass is 9.85. The van der Waals surface area contributed by atoms with Gasteiger partial charge >= 0.3 is 12.4 Å². The number of thiocarbonyl (C=S) groups is 1. The van der Waals surface area contributed by atoms with Crippen molar-refractivity contribution in [1.82, 2.24) is 25.5 Å². The van der Waals surface area contributed by atoms with Crippen LogP contribution in [0.3, 0.4) is 0 Å². The second kappa shape index (κ2) is 21.6. The van der Waals surface area contributed by atoms with Crippen LogP contribution in [0.4, 0.5) is 42.1 Å². The molecule has 2 aliphatic heterocycles. The summed E-state index contributed by atoms with van der Waals surface area (Å²) in [7, 11) is 0. The van der Waals surface area contributed by atoms with E-state index in [0.29, 0.717) is 36.4 Å². The first-order chi connectivity index (χ1) is 33.3. The van der Waals surface area contributed by atoms with Crippen molar-refractivity contribution >= 4 is 63.7 Å². The molecule has 24 heteroatoms. The highest BCUT2D eigenvalue weighted by molar-refractivity contribution is 7.81. The quantitative estimate of drug-likeness (QED) is 0.0599. The molecule has 2 atom stereocenters. The number of hydrogen-bond donors (Lipinski definition) is 2. The molecule has 0 spiro atoms. The number of nitrogens with zero attached hydrogens (tertiary/aromatic N) is 6. The first-order valence-electron chi connectivity index (χ1n) is 22.0. The van der Waals surface area contributed by atoms with Crippen LogP contribution in [0.25, 0.3) is 10.4 Å². The van der Waals surface area contributed by atoms with E-state index in [0.717, 1.165) is 38.9 Å². The van der Waals surface area contributed by atoms with E-state index in [1.54, 1.807) is 37.6 Å². The second-order valence-corrected chi connectivity index (χ2v) is 19.3. The number of aryl methyl sites for hydroxylation is 1. The Kier molecular flexibility index (Phi) is 16.4. The van der Waals surface area contributed by atoms with Crippen molar-refractivity contribution < 1.29 is 64.1 Å². The van der Waals surface area contributed by atoms with Crippen LogP contribution in [0.5, 0.6) is 5.88 Å². The summed E-state index contributed by atoms with van der Waals surface area (Å²) < 4.78 is 116. The number of nitrogens with one attached hydrogen (secondary N) is 2. The number of pyridine rings is 1. The number of thiazole rings is 1. The maximum Gasteiger partial charge on any atom is 0.421 e. The highest BCUT2D eigenvalue weighted by atomic mass is 32.1. The highest BCUT2D eigenvalue weighted by Gasteiger charge is 2.53. The molecule has 2 saturated heterocycles. The molecule has 2 aromatic carbocycles. The van der Waals surface area contributed by atoms with Gasteiger partial charge in [-0.05, 0) is 80.6 Å². The zero-order valence-corrected chi connectivity index (χ0v) is 40.9. The fourth-order valence-electron chi connectivity index (χ4n) is 7.99. The van der Waals surface area contributed by atoms with Crippen LogP contribution in [0.1, 0.15) is 75.4 Å². The zero-order chi connectivity index (χ0) is 52.2. The summed E-state index contributed by atoms with van der Waals surface area (Å²) in [5, 5.41) is 14.1. The summed E-state index contributed by atoms with van der Waals surface area (Å²) in [6.45, 7) is 8.87. The maximum absolute atomic E-state index is 15.4. The van der Waals surface area contributed by atoms with E-state index in [9.17, 15) is 45.5 Å². The van der Waals surface area contributed by atoms with Gasteiger partial charge in [0, 0.05) is 13.1 Å². The van der Waals surface area contributed by atoms with E-state index in [-0.39, 0.29) is 32.3 Å². The molecule has 0 saturated carbocycles. The normalized spacial score (nSPS) is 16.6. The standard InChI is InChI=1S/C47H49F7N8O7S2/c1-26-37(71-25-58-26)28-11-9-27(10-12-28)22-56-39(64)33-8-7-15-60(33)41(65)38(44(2,3)4)59-34(63)24-68-17-16-67-18-19-69-40-31(46(49,50)51)20-30(23-57-40)62-43(70)61(42(66)45(62,5)6)32-14-13-29(21-55)35(36(32)48)47(52,53)54/h9-14,20,23,25,33,38H,7-8,15-19,22,24H2,1-6H3,(H,56,64)(H,59,63). The summed E-state index contributed by atoms with van der Waals surface area (Å²) in [5.74, 6) is -5.27. The number of hydrogen-bond acceptors (Lipinski definition) is 12. The molecule has 2 unspecified atom stereocenters. The number of anilines is 2. The molecule has 0 aliphatic carbocycles. The third-order valence-corrected chi connectivity index (χ3v) is 12.9. The number of halogens is 7. The number of aromatic nitrogens is 2. The van der Waals surface area contributed by atoms with Gasteiger partial charge in [0.2, 0.25) is 23.6 Å². The molecular formula is C47H49F7N8O7S2. The number of ether oxygens (including phenoxy) is 3. The van der Waals surface area contributed by atoms with Gasteiger partial charge in [-0.3, -0.25) is 24.1 Å². The number of benzene rings is 2. The van der Waals surface area contributed by atoms with Gasteiger partial charge in [-0.2, -0.15) is 31.6 Å². The van der Waals surface area contributed by atoms with Crippen LogP contribution < -0.4 is 25.2 Å². The van der Waals surface area contributed by atoms with Crippen LogP contribution in [0.15, 0.2) is 54.2 Å². The van der Waals surface area contributed by atoms with Gasteiger partial charge in [0.15, 0.2) is 10.9 Å². The minimum Gasteiger partial charge on any atom is -0.475 e. The predicted octanol–water partition coefficient (Wildman–Crippen LogP) is 7.73. The van der Waals surface area contributed by atoms with E-state index in [1.165, 1.54) is 24.8 Å². The monoisotopic (exact) mass is 1030 g/mol. The Hall–Kier alpha value is -6.29. The van der Waals surface area contributed by atoms with Crippen LogP contribution >= 0.6 is 23.6 Å². The van der Waals surface area contributed by atoms with E-state index in [1.807, 2.05) is 31.2 Å². The topological polar surface area (TPSA) is 179 Å². The smallest absolute Gasteiger partial charge is 0.421 e. The van der Waals surface area contributed by atoms with Crippen molar-refractivity contribution in [3.8, 4) is 22.4 Å². The number of likely N-dealkylation sites (tertiary alicyclic amines) is 1. The van der Waals surface area contributed by atoms with Crippen molar-refractivity contribution in [2.24, 2.45) is 5.41 Å². The van der Waals surface area contributed by atoms with Gasteiger partial charge < -0.3 is 34.6 Å². The molecule has 0 radical (unpaired) electrons. The minimum absolute atomic E-state index is 0.117. The Labute approximate surface area is 413 Å². The maximum atomic E-state index is 15.4. The van der Waals surface area contributed by atoms with Crippen LogP contribution in [-0.4, -0.2) is 101 Å². The van der Waals surface area contributed by atoms with Gasteiger partial charge in [-0.25, -0.2) is 14.4 Å². The number of nitriles is 1.